The highest BCUT2D eigenvalue weighted by Crippen LogP contribution is 2.39. The summed E-state index contributed by atoms with van der Waals surface area (Å²) in [4.78, 5) is 2.55. The van der Waals surface area contributed by atoms with Crippen LogP contribution in [-0.2, 0) is 6.42 Å². The van der Waals surface area contributed by atoms with E-state index >= 15 is 0 Å². The number of methoxy groups -OCH3 is 1. The molecule has 0 amide bonds. The van der Waals surface area contributed by atoms with Crippen LogP contribution in [0, 0.1) is 0 Å². The molecule has 144 valence electrons. The van der Waals surface area contributed by atoms with Gasteiger partial charge in [-0.1, -0.05) is 24.3 Å². The lowest BCUT2D eigenvalue weighted by atomic mass is 9.84. The molecule has 0 spiro atoms. The molecule has 2 N–H and O–H groups in total. The van der Waals surface area contributed by atoms with Gasteiger partial charge in [0.25, 0.3) is 0 Å². The molecule has 1 fully saturated rings. The number of benzene rings is 2. The quantitative estimate of drug-likeness (QED) is 0.784. The summed E-state index contributed by atoms with van der Waals surface area (Å²) in [5.74, 6) is 1.62. The fraction of sp³-hybridized carbons (Fsp3) is 0.455. The zero-order valence-electron chi connectivity index (χ0n) is 15.7. The van der Waals surface area contributed by atoms with Gasteiger partial charge in [0.15, 0.2) is 0 Å². The normalized spacial score (nSPS) is 25.7. The first kappa shape index (κ1) is 18.8. The van der Waals surface area contributed by atoms with Crippen LogP contribution >= 0.6 is 15.9 Å². The van der Waals surface area contributed by atoms with Gasteiger partial charge in [0.05, 0.1) is 17.6 Å². The predicted molar refractivity (Wildman–Crippen MR) is 111 cm³/mol. The molecule has 0 radical (unpaired) electrons. The number of fused-ring (bicyclic) bond motifs is 1. The Morgan fingerprint density at radius 1 is 1.15 bits per heavy atom. The van der Waals surface area contributed by atoms with Crippen LogP contribution in [0.3, 0.4) is 0 Å². The molecule has 1 aliphatic heterocycles. The van der Waals surface area contributed by atoms with Crippen LogP contribution in [0.4, 0.5) is 0 Å². The Morgan fingerprint density at radius 2 is 2.00 bits per heavy atom. The molecule has 1 aliphatic carbocycles. The zero-order valence-corrected chi connectivity index (χ0v) is 17.3. The van der Waals surface area contributed by atoms with E-state index in [0.29, 0.717) is 6.04 Å². The molecule has 0 unspecified atom stereocenters. The molecular weight excluding hydrogens is 404 g/mol. The smallest absolute Gasteiger partial charge is 0.139 e. The average molecular weight is 431 g/mol. The number of rotatable bonds is 4. The third kappa shape index (κ3) is 4.00. The number of piperidine rings is 1. The number of likely N-dealkylation sites (tertiary alicyclic amines) is 1. The maximum absolute atomic E-state index is 6.60. The summed E-state index contributed by atoms with van der Waals surface area (Å²) < 4.78 is 13.0. The highest BCUT2D eigenvalue weighted by molar-refractivity contribution is 9.10. The molecule has 1 heterocycles. The van der Waals surface area contributed by atoms with Crippen molar-refractivity contribution in [2.75, 3.05) is 20.2 Å². The highest BCUT2D eigenvalue weighted by atomic mass is 79.9. The van der Waals surface area contributed by atoms with Gasteiger partial charge in [-0.25, -0.2) is 0 Å². The molecule has 0 saturated carbocycles. The van der Waals surface area contributed by atoms with E-state index in [4.69, 9.17) is 15.2 Å². The topological polar surface area (TPSA) is 47.7 Å². The van der Waals surface area contributed by atoms with Crippen molar-refractivity contribution in [3.05, 3.63) is 58.1 Å². The van der Waals surface area contributed by atoms with E-state index in [9.17, 15) is 0 Å². The summed E-state index contributed by atoms with van der Waals surface area (Å²) in [6.45, 7) is 2.06. The van der Waals surface area contributed by atoms with Crippen LogP contribution in [0.2, 0.25) is 0 Å². The maximum atomic E-state index is 6.60. The second-order valence-electron chi connectivity index (χ2n) is 7.54. The van der Waals surface area contributed by atoms with Gasteiger partial charge in [0.1, 0.15) is 17.6 Å². The monoisotopic (exact) mass is 430 g/mol. The van der Waals surface area contributed by atoms with E-state index in [1.165, 1.54) is 11.1 Å². The van der Waals surface area contributed by atoms with Crippen molar-refractivity contribution in [3.8, 4) is 11.5 Å². The summed E-state index contributed by atoms with van der Waals surface area (Å²) >= 11 is 3.52. The molecule has 1 saturated heterocycles. The molecule has 27 heavy (non-hydrogen) atoms. The van der Waals surface area contributed by atoms with Gasteiger partial charge in [-0.3, -0.25) is 4.90 Å². The van der Waals surface area contributed by atoms with Crippen LogP contribution in [0.15, 0.2) is 46.9 Å². The third-order valence-corrected chi connectivity index (χ3v) is 6.42. The Hall–Kier alpha value is -1.56. The number of hydrogen-bond acceptors (Lipinski definition) is 4. The van der Waals surface area contributed by atoms with E-state index in [-0.39, 0.29) is 12.1 Å². The Balaban J connectivity index is 1.66. The second kappa shape index (κ2) is 8.21. The SMILES string of the molecule is COc1cc(O[C@H]2c3ccccc3CC[C@@H]2N2CCC[C@H](N)C2)ccc1Br. The summed E-state index contributed by atoms with van der Waals surface area (Å²) in [7, 11) is 1.68. The van der Waals surface area contributed by atoms with Crippen LogP contribution in [-0.4, -0.2) is 37.2 Å². The molecule has 0 bridgehead atoms. The Bertz CT molecular complexity index is 798. The van der Waals surface area contributed by atoms with Crippen molar-refractivity contribution in [2.24, 2.45) is 5.73 Å². The first-order chi connectivity index (χ1) is 13.2. The van der Waals surface area contributed by atoms with Gasteiger partial charge in [-0.15, -0.1) is 0 Å². The molecule has 4 rings (SSSR count). The lowest BCUT2D eigenvalue weighted by molar-refractivity contribution is 0.0366. The predicted octanol–water partition coefficient (Wildman–Crippen LogP) is 4.32. The molecule has 2 aromatic carbocycles. The number of aryl methyl sites for hydroxylation is 1. The van der Waals surface area contributed by atoms with E-state index in [2.05, 4.69) is 45.1 Å². The van der Waals surface area contributed by atoms with Crippen molar-refractivity contribution in [1.29, 1.82) is 0 Å². The lowest BCUT2D eigenvalue weighted by Crippen LogP contribution is -2.51. The van der Waals surface area contributed by atoms with Crippen molar-refractivity contribution in [2.45, 2.75) is 43.9 Å². The summed E-state index contributed by atoms with van der Waals surface area (Å²) in [6.07, 6.45) is 4.48. The average Bonchev–Trinajstić information content (AvgIpc) is 2.69. The van der Waals surface area contributed by atoms with Crippen LogP contribution in [0.1, 0.15) is 36.5 Å². The first-order valence-electron chi connectivity index (χ1n) is 9.73. The number of nitrogens with zero attached hydrogens (tertiary/aromatic N) is 1. The highest BCUT2D eigenvalue weighted by Gasteiger charge is 2.36. The van der Waals surface area contributed by atoms with Crippen LogP contribution in [0.25, 0.3) is 0 Å². The minimum atomic E-state index is 0.00568. The summed E-state index contributed by atoms with van der Waals surface area (Å²) in [5, 5.41) is 0. The fourth-order valence-corrected chi connectivity index (χ4v) is 4.83. The Morgan fingerprint density at radius 3 is 2.81 bits per heavy atom. The van der Waals surface area contributed by atoms with Crippen LogP contribution < -0.4 is 15.2 Å². The van der Waals surface area contributed by atoms with E-state index in [0.717, 1.165) is 54.7 Å². The third-order valence-electron chi connectivity index (χ3n) is 5.76. The second-order valence-corrected chi connectivity index (χ2v) is 8.39. The number of nitrogens with two attached hydrogens (primary N) is 1. The van der Waals surface area contributed by atoms with Gasteiger partial charge in [-0.05, 0) is 71.4 Å². The largest absolute Gasteiger partial charge is 0.495 e. The van der Waals surface area contributed by atoms with Gasteiger partial charge in [0, 0.05) is 18.7 Å². The minimum Gasteiger partial charge on any atom is -0.495 e. The molecule has 5 heteroatoms. The van der Waals surface area contributed by atoms with Gasteiger partial charge in [0.2, 0.25) is 0 Å². The van der Waals surface area contributed by atoms with Gasteiger partial charge in [-0.2, -0.15) is 0 Å². The molecule has 2 aromatic rings. The summed E-state index contributed by atoms with van der Waals surface area (Å²) in [6, 6.07) is 15.2. The molecule has 4 nitrogen and oxygen atoms in total. The number of halogens is 1. The minimum absolute atomic E-state index is 0.00568. The molecular formula is C22H27BrN2O2. The fourth-order valence-electron chi connectivity index (χ4n) is 4.42. The van der Waals surface area contributed by atoms with Gasteiger partial charge >= 0.3 is 0 Å². The number of hydrogen-bond donors (Lipinski definition) is 1. The molecule has 3 atom stereocenters. The van der Waals surface area contributed by atoms with E-state index in [1.807, 2.05) is 18.2 Å². The summed E-state index contributed by atoms with van der Waals surface area (Å²) in [5.41, 5.74) is 8.97. The molecule has 0 aromatic heterocycles. The first-order valence-corrected chi connectivity index (χ1v) is 10.5. The maximum Gasteiger partial charge on any atom is 0.139 e. The van der Waals surface area contributed by atoms with Crippen molar-refractivity contribution >= 4 is 15.9 Å². The lowest BCUT2D eigenvalue weighted by Gasteiger charge is -2.43. The zero-order chi connectivity index (χ0) is 18.8. The van der Waals surface area contributed by atoms with Crippen LogP contribution in [0.5, 0.6) is 11.5 Å². The molecule has 2 aliphatic rings. The Labute approximate surface area is 169 Å². The van der Waals surface area contributed by atoms with E-state index < -0.39 is 0 Å². The van der Waals surface area contributed by atoms with Gasteiger partial charge < -0.3 is 15.2 Å². The number of ether oxygens (including phenoxy) is 2. The Kier molecular flexibility index (Phi) is 5.71. The van der Waals surface area contributed by atoms with Crippen molar-refractivity contribution in [1.82, 2.24) is 4.90 Å². The standard InChI is InChI=1S/C22H27BrN2O2/c1-26-21-13-17(9-10-19(21)23)27-22-18-7-3-2-5-15(18)8-11-20(22)25-12-4-6-16(24)14-25/h2-3,5,7,9-10,13,16,20,22H,4,6,8,11-12,14,24H2,1H3/t16-,20-,22-/m0/s1. The van der Waals surface area contributed by atoms with E-state index in [1.54, 1.807) is 7.11 Å². The van der Waals surface area contributed by atoms with Crippen molar-refractivity contribution in [3.63, 3.8) is 0 Å². The van der Waals surface area contributed by atoms with Crippen molar-refractivity contribution < 1.29 is 9.47 Å².